The second-order valence-corrected chi connectivity index (χ2v) is 14.3. The van der Waals surface area contributed by atoms with Crippen LogP contribution in [0, 0.1) is 37.5 Å². The van der Waals surface area contributed by atoms with E-state index in [2.05, 4.69) is 130 Å². The summed E-state index contributed by atoms with van der Waals surface area (Å²) in [4.78, 5) is 0. The van der Waals surface area contributed by atoms with E-state index >= 15 is 0 Å². The van der Waals surface area contributed by atoms with Gasteiger partial charge in [0.2, 0.25) is 0 Å². The Labute approximate surface area is 246 Å². The van der Waals surface area contributed by atoms with Crippen LogP contribution in [0.15, 0.2) is 65.1 Å². The molecular formula is C40H44O. The van der Waals surface area contributed by atoms with Crippen molar-refractivity contribution in [1.29, 1.82) is 0 Å². The van der Waals surface area contributed by atoms with Crippen LogP contribution in [-0.4, -0.2) is 0 Å². The molecule has 0 saturated heterocycles. The lowest BCUT2D eigenvalue weighted by Gasteiger charge is -2.47. The highest BCUT2D eigenvalue weighted by Gasteiger charge is 2.58. The van der Waals surface area contributed by atoms with E-state index < -0.39 is 0 Å². The van der Waals surface area contributed by atoms with Crippen LogP contribution in [0.1, 0.15) is 88.8 Å². The van der Waals surface area contributed by atoms with Crippen molar-refractivity contribution in [3.8, 4) is 22.3 Å². The summed E-state index contributed by atoms with van der Waals surface area (Å²) < 4.78 is 6.99. The van der Waals surface area contributed by atoms with E-state index in [4.69, 9.17) is 4.42 Å². The molecule has 41 heavy (non-hydrogen) atoms. The Balaban J connectivity index is 1.86. The normalized spacial score (nSPS) is 16.3. The zero-order valence-corrected chi connectivity index (χ0v) is 26.5. The lowest BCUT2D eigenvalue weighted by Crippen LogP contribution is -2.43. The van der Waals surface area contributed by atoms with Crippen LogP contribution in [0.25, 0.3) is 44.2 Å². The number of benzene rings is 4. The number of hydrogen-bond donors (Lipinski definition) is 0. The van der Waals surface area contributed by atoms with Gasteiger partial charge in [-0.25, -0.2) is 0 Å². The summed E-state index contributed by atoms with van der Waals surface area (Å²) in [6, 6.07) is 23.1. The topological polar surface area (TPSA) is 13.1 Å². The molecule has 0 N–H and O–H groups in total. The van der Waals surface area contributed by atoms with Gasteiger partial charge in [0.15, 0.2) is 0 Å². The molecule has 2 aliphatic rings. The van der Waals surface area contributed by atoms with E-state index in [9.17, 15) is 0 Å². The number of furan rings is 1. The van der Waals surface area contributed by atoms with Gasteiger partial charge in [0, 0.05) is 27.2 Å². The zero-order chi connectivity index (χ0) is 29.2. The van der Waals surface area contributed by atoms with E-state index in [0.29, 0.717) is 23.7 Å². The molecule has 1 heteroatoms. The summed E-state index contributed by atoms with van der Waals surface area (Å²) in [5.74, 6) is 1.67. The molecule has 7 rings (SSSR count). The quantitative estimate of drug-likeness (QED) is 0.221. The minimum Gasteiger partial charge on any atom is -0.455 e. The van der Waals surface area contributed by atoms with E-state index in [0.717, 1.165) is 11.2 Å². The van der Waals surface area contributed by atoms with Gasteiger partial charge < -0.3 is 4.42 Å². The highest BCUT2D eigenvalue weighted by atomic mass is 16.3. The maximum absolute atomic E-state index is 6.99. The fourth-order valence-corrected chi connectivity index (χ4v) is 9.75. The number of rotatable bonds is 4. The second-order valence-electron chi connectivity index (χ2n) is 14.3. The van der Waals surface area contributed by atoms with Crippen LogP contribution in [0.2, 0.25) is 0 Å². The van der Waals surface area contributed by atoms with Gasteiger partial charge in [-0.1, -0.05) is 121 Å². The van der Waals surface area contributed by atoms with Gasteiger partial charge in [0.1, 0.15) is 11.2 Å². The van der Waals surface area contributed by atoms with Crippen molar-refractivity contribution in [3.05, 3.63) is 94.0 Å². The van der Waals surface area contributed by atoms with Gasteiger partial charge >= 0.3 is 0 Å². The van der Waals surface area contributed by atoms with Gasteiger partial charge in [-0.2, -0.15) is 0 Å². The van der Waals surface area contributed by atoms with Gasteiger partial charge in [-0.3, -0.25) is 0 Å². The minimum atomic E-state index is -0.125. The third-order valence-electron chi connectivity index (χ3n) is 11.1. The number of para-hydroxylation sites is 1. The van der Waals surface area contributed by atoms with Crippen LogP contribution in [-0.2, 0) is 10.8 Å². The predicted molar refractivity (Wildman–Crippen MR) is 175 cm³/mol. The average molecular weight is 541 g/mol. The Morgan fingerprint density at radius 2 is 1.02 bits per heavy atom. The van der Waals surface area contributed by atoms with Gasteiger partial charge in [-0.05, 0) is 82.5 Å². The molecule has 5 aromatic rings. The first-order chi connectivity index (χ1) is 19.5. The Bertz CT molecular complexity index is 1860. The molecule has 210 valence electrons. The monoisotopic (exact) mass is 540 g/mol. The maximum Gasteiger partial charge on any atom is 0.144 e. The van der Waals surface area contributed by atoms with Gasteiger partial charge in [0.25, 0.3) is 0 Å². The Hall–Kier alpha value is -3.32. The molecule has 0 radical (unpaired) electrons. The van der Waals surface area contributed by atoms with E-state index in [-0.39, 0.29) is 10.8 Å². The molecule has 0 saturated carbocycles. The summed E-state index contributed by atoms with van der Waals surface area (Å²) >= 11 is 0. The summed E-state index contributed by atoms with van der Waals surface area (Å²) in [5.41, 5.74) is 16.2. The van der Waals surface area contributed by atoms with Crippen molar-refractivity contribution in [2.45, 2.75) is 80.1 Å². The molecular weight excluding hydrogens is 496 g/mol. The molecule has 0 aliphatic heterocycles. The highest BCUT2D eigenvalue weighted by Crippen LogP contribution is 2.68. The first kappa shape index (κ1) is 26.6. The molecule has 4 aromatic carbocycles. The molecule has 2 aliphatic carbocycles. The summed E-state index contributed by atoms with van der Waals surface area (Å²) in [6.07, 6.45) is 0. The molecule has 0 atom stereocenters. The SMILES string of the molecule is Cc1ccc2c(c1)C(C(C)C)(C(C)C)c1c3c(c4c(oc5ccccc54)c1-2)-c1ccc(C)cc1C3(C(C)C)C(C)C. The van der Waals surface area contributed by atoms with Crippen molar-refractivity contribution in [1.82, 2.24) is 0 Å². The fraction of sp³-hybridized carbons (Fsp3) is 0.400. The van der Waals surface area contributed by atoms with E-state index in [1.54, 1.807) is 11.1 Å². The summed E-state index contributed by atoms with van der Waals surface area (Å²) in [7, 11) is 0. The third kappa shape index (κ3) is 2.98. The smallest absolute Gasteiger partial charge is 0.144 e. The van der Waals surface area contributed by atoms with Crippen molar-refractivity contribution in [3.63, 3.8) is 0 Å². The minimum absolute atomic E-state index is 0.112. The van der Waals surface area contributed by atoms with Crippen molar-refractivity contribution < 1.29 is 4.42 Å². The van der Waals surface area contributed by atoms with Crippen molar-refractivity contribution in [2.75, 3.05) is 0 Å². The lowest BCUT2D eigenvalue weighted by atomic mass is 9.56. The Morgan fingerprint density at radius 3 is 1.54 bits per heavy atom. The van der Waals surface area contributed by atoms with Crippen LogP contribution >= 0.6 is 0 Å². The fourth-order valence-electron chi connectivity index (χ4n) is 9.75. The standard InChI is InChI=1S/C40H44O/c1-21(2)39(22(3)4)30-19-25(9)15-17-27(30)33-34-29-13-11-12-14-32(29)41-38(34)35-28-18-16-26(10)20-31(28)40(23(5)6,24(7)8)37(35)36(33)39/h11-24H,1-10H3. The van der Waals surface area contributed by atoms with Crippen LogP contribution in [0.4, 0.5) is 0 Å². The Kier molecular flexibility index (Phi) is 5.57. The predicted octanol–water partition coefficient (Wildman–Crippen LogP) is 11.4. The lowest BCUT2D eigenvalue weighted by molar-refractivity contribution is 0.250. The molecule has 0 unspecified atom stereocenters. The molecule has 0 amide bonds. The molecule has 1 nitrogen and oxygen atoms in total. The molecule has 1 aromatic heterocycles. The average Bonchev–Trinajstić information content (AvgIpc) is 3.52. The number of hydrogen-bond acceptors (Lipinski definition) is 1. The van der Waals surface area contributed by atoms with Crippen LogP contribution in [0.5, 0.6) is 0 Å². The van der Waals surface area contributed by atoms with E-state index in [1.165, 1.54) is 55.3 Å². The van der Waals surface area contributed by atoms with E-state index in [1.807, 2.05) is 0 Å². The zero-order valence-electron chi connectivity index (χ0n) is 26.5. The molecule has 0 fully saturated rings. The highest BCUT2D eigenvalue weighted by molar-refractivity contribution is 6.20. The molecule has 0 bridgehead atoms. The van der Waals surface area contributed by atoms with Gasteiger partial charge in [0.05, 0.1) is 0 Å². The number of fused-ring (bicyclic) bond motifs is 12. The Morgan fingerprint density at radius 1 is 0.561 bits per heavy atom. The second kappa shape index (κ2) is 8.60. The summed E-state index contributed by atoms with van der Waals surface area (Å²) in [5, 5.41) is 2.54. The first-order valence-electron chi connectivity index (χ1n) is 15.7. The first-order valence-corrected chi connectivity index (χ1v) is 15.7. The van der Waals surface area contributed by atoms with Crippen molar-refractivity contribution in [2.24, 2.45) is 23.7 Å². The number of aryl methyl sites for hydroxylation is 2. The third-order valence-corrected chi connectivity index (χ3v) is 11.1. The van der Waals surface area contributed by atoms with Gasteiger partial charge in [-0.15, -0.1) is 0 Å². The largest absolute Gasteiger partial charge is 0.455 e. The maximum atomic E-state index is 6.99. The molecule has 0 spiro atoms. The molecule has 1 heterocycles. The summed E-state index contributed by atoms with van der Waals surface area (Å²) in [6.45, 7) is 24.2. The van der Waals surface area contributed by atoms with Crippen LogP contribution in [0.3, 0.4) is 0 Å². The van der Waals surface area contributed by atoms with Crippen LogP contribution < -0.4 is 0 Å². The van der Waals surface area contributed by atoms with Crippen molar-refractivity contribution >= 4 is 21.9 Å².